The van der Waals surface area contributed by atoms with Crippen LogP contribution in [0.1, 0.15) is 53.5 Å². The van der Waals surface area contributed by atoms with Gasteiger partial charge in [-0.15, -0.1) is 12.6 Å². The van der Waals surface area contributed by atoms with Crippen LogP contribution < -0.4 is 4.74 Å². The summed E-state index contributed by atoms with van der Waals surface area (Å²) in [5.74, 6) is 0.827. The van der Waals surface area contributed by atoms with Crippen molar-refractivity contribution in [3.05, 3.63) is 23.8 Å². The lowest BCUT2D eigenvalue weighted by molar-refractivity contribution is 0.109. The molecule has 0 atom stereocenters. The summed E-state index contributed by atoms with van der Waals surface area (Å²) in [6.07, 6.45) is 1.12. The Morgan fingerprint density at radius 2 is 1.71 bits per heavy atom. The lowest BCUT2D eigenvalue weighted by atomic mass is 9.72. The Hall–Kier alpha value is -0.670. The highest BCUT2D eigenvalue weighted by atomic mass is 32.1. The van der Waals surface area contributed by atoms with Crippen LogP contribution in [0.15, 0.2) is 23.1 Å². The van der Waals surface area contributed by atoms with E-state index in [2.05, 4.69) is 59.4 Å². The van der Waals surface area contributed by atoms with Crippen molar-refractivity contribution in [1.29, 1.82) is 0 Å². The molecule has 0 spiro atoms. The second kappa shape index (κ2) is 7.55. The van der Waals surface area contributed by atoms with E-state index in [-0.39, 0.29) is 5.41 Å². The molecule has 0 heterocycles. The van der Waals surface area contributed by atoms with Crippen LogP contribution in [0, 0.1) is 5.41 Å². The third-order valence-electron chi connectivity index (χ3n) is 3.40. The molecule has 0 saturated carbocycles. The van der Waals surface area contributed by atoms with Gasteiger partial charge in [0.25, 0.3) is 0 Å². The molecule has 0 aliphatic heterocycles. The van der Waals surface area contributed by atoms with E-state index in [1.807, 2.05) is 13.0 Å². The van der Waals surface area contributed by atoms with Crippen LogP contribution in [0.2, 0.25) is 0 Å². The van der Waals surface area contributed by atoms with Gasteiger partial charge in [-0.05, 0) is 41.9 Å². The number of hydrogen-bond donors (Lipinski definition) is 1. The van der Waals surface area contributed by atoms with Gasteiger partial charge in [0.05, 0.1) is 6.61 Å². The Morgan fingerprint density at radius 1 is 1.05 bits per heavy atom. The van der Waals surface area contributed by atoms with Crippen molar-refractivity contribution in [1.82, 2.24) is 0 Å². The van der Waals surface area contributed by atoms with Crippen molar-refractivity contribution < 1.29 is 9.47 Å². The van der Waals surface area contributed by atoms with E-state index in [0.717, 1.165) is 23.7 Å². The highest BCUT2D eigenvalue weighted by Crippen LogP contribution is 2.38. The molecule has 2 nitrogen and oxygen atoms in total. The molecule has 0 fully saturated rings. The maximum Gasteiger partial charge on any atom is 0.132 e. The molecule has 1 aromatic rings. The Kier molecular flexibility index (Phi) is 6.61. The summed E-state index contributed by atoms with van der Waals surface area (Å²) >= 11 is 4.57. The highest BCUT2D eigenvalue weighted by Gasteiger charge is 2.27. The molecular formula is C18H30O2S. The summed E-state index contributed by atoms with van der Waals surface area (Å²) in [5.41, 5.74) is 1.73. The van der Waals surface area contributed by atoms with Gasteiger partial charge in [0.2, 0.25) is 0 Å². The summed E-state index contributed by atoms with van der Waals surface area (Å²) in [6.45, 7) is 15.3. The van der Waals surface area contributed by atoms with E-state index in [1.54, 1.807) is 0 Å². The van der Waals surface area contributed by atoms with E-state index < -0.39 is 0 Å². The average molecular weight is 311 g/mol. The molecule has 120 valence electrons. The van der Waals surface area contributed by atoms with Crippen molar-refractivity contribution in [2.75, 3.05) is 19.8 Å². The minimum Gasteiger partial charge on any atom is -0.490 e. The van der Waals surface area contributed by atoms with E-state index in [1.165, 1.54) is 5.56 Å². The lowest BCUT2D eigenvalue weighted by Gasteiger charge is -2.33. The van der Waals surface area contributed by atoms with Crippen molar-refractivity contribution in [2.24, 2.45) is 5.41 Å². The Labute approximate surface area is 135 Å². The fourth-order valence-corrected chi connectivity index (χ4v) is 3.12. The SMILES string of the molecule is CCOCCOc1ccc(C(C)(C)CC(C)(C)C)cc1S. The topological polar surface area (TPSA) is 18.5 Å². The van der Waals surface area contributed by atoms with Gasteiger partial charge in [0.15, 0.2) is 0 Å². The fourth-order valence-electron chi connectivity index (χ4n) is 2.84. The van der Waals surface area contributed by atoms with Gasteiger partial charge in [-0.3, -0.25) is 0 Å². The normalized spacial score (nSPS) is 12.5. The number of thiol groups is 1. The van der Waals surface area contributed by atoms with Gasteiger partial charge in [-0.2, -0.15) is 0 Å². The summed E-state index contributed by atoms with van der Waals surface area (Å²) < 4.78 is 11.0. The standard InChI is InChI=1S/C18H30O2S/c1-7-19-10-11-20-15-9-8-14(12-16(15)21)18(5,6)13-17(2,3)4/h8-9,12,21H,7,10-11,13H2,1-6H3. The number of benzene rings is 1. The zero-order valence-corrected chi connectivity index (χ0v) is 15.2. The predicted octanol–water partition coefficient (Wildman–Crippen LogP) is 5.10. The lowest BCUT2D eigenvalue weighted by Crippen LogP contribution is -2.24. The minimum absolute atomic E-state index is 0.125. The van der Waals surface area contributed by atoms with Gasteiger partial charge in [0.1, 0.15) is 12.4 Å². The van der Waals surface area contributed by atoms with Gasteiger partial charge in [-0.25, -0.2) is 0 Å². The average Bonchev–Trinajstić information content (AvgIpc) is 2.33. The van der Waals surface area contributed by atoms with E-state index in [9.17, 15) is 0 Å². The molecule has 0 aliphatic rings. The molecule has 0 bridgehead atoms. The second-order valence-corrected chi connectivity index (χ2v) is 7.83. The van der Waals surface area contributed by atoms with Gasteiger partial charge >= 0.3 is 0 Å². The third kappa shape index (κ3) is 6.31. The van der Waals surface area contributed by atoms with Crippen LogP contribution in [-0.4, -0.2) is 19.8 Å². The molecule has 0 amide bonds. The first-order chi connectivity index (χ1) is 9.65. The van der Waals surface area contributed by atoms with Gasteiger partial charge in [-0.1, -0.05) is 40.7 Å². The van der Waals surface area contributed by atoms with Crippen molar-refractivity contribution >= 4 is 12.6 Å². The number of rotatable bonds is 7. The van der Waals surface area contributed by atoms with Crippen LogP contribution >= 0.6 is 12.6 Å². The second-order valence-electron chi connectivity index (χ2n) is 7.35. The molecule has 0 aliphatic carbocycles. The van der Waals surface area contributed by atoms with E-state index in [0.29, 0.717) is 18.6 Å². The number of ether oxygens (including phenoxy) is 2. The van der Waals surface area contributed by atoms with Crippen LogP contribution in [-0.2, 0) is 10.2 Å². The summed E-state index contributed by atoms with van der Waals surface area (Å²) in [5, 5.41) is 0. The molecule has 1 rings (SSSR count). The Morgan fingerprint density at radius 3 is 2.24 bits per heavy atom. The molecular weight excluding hydrogens is 280 g/mol. The molecule has 0 saturated heterocycles. The Balaban J connectivity index is 2.77. The van der Waals surface area contributed by atoms with Crippen molar-refractivity contribution in [3.8, 4) is 5.75 Å². The predicted molar refractivity (Wildman–Crippen MR) is 92.8 cm³/mol. The van der Waals surface area contributed by atoms with Crippen LogP contribution in [0.3, 0.4) is 0 Å². The number of hydrogen-bond acceptors (Lipinski definition) is 3. The smallest absolute Gasteiger partial charge is 0.132 e. The van der Waals surface area contributed by atoms with Gasteiger partial charge < -0.3 is 9.47 Å². The zero-order chi connectivity index (χ0) is 16.1. The molecule has 3 heteroatoms. The maximum atomic E-state index is 5.71. The first-order valence-corrected chi connectivity index (χ1v) is 8.14. The quantitative estimate of drug-likeness (QED) is 0.557. The Bertz CT molecular complexity index is 447. The van der Waals surface area contributed by atoms with Crippen LogP contribution in [0.4, 0.5) is 0 Å². The van der Waals surface area contributed by atoms with Crippen LogP contribution in [0.25, 0.3) is 0 Å². The van der Waals surface area contributed by atoms with Gasteiger partial charge in [0, 0.05) is 11.5 Å². The van der Waals surface area contributed by atoms with Crippen molar-refractivity contribution in [2.45, 2.75) is 58.3 Å². The molecule has 1 aromatic carbocycles. The largest absolute Gasteiger partial charge is 0.490 e. The maximum absolute atomic E-state index is 5.71. The molecule has 21 heavy (non-hydrogen) atoms. The summed E-state index contributed by atoms with van der Waals surface area (Å²) in [6, 6.07) is 6.31. The minimum atomic E-state index is 0.125. The summed E-state index contributed by atoms with van der Waals surface area (Å²) in [4.78, 5) is 0.894. The van der Waals surface area contributed by atoms with E-state index >= 15 is 0 Å². The van der Waals surface area contributed by atoms with Crippen LogP contribution in [0.5, 0.6) is 5.75 Å². The molecule has 0 unspecified atom stereocenters. The molecule has 0 aromatic heterocycles. The fraction of sp³-hybridized carbons (Fsp3) is 0.667. The first kappa shape index (κ1) is 18.4. The van der Waals surface area contributed by atoms with Crippen molar-refractivity contribution in [3.63, 3.8) is 0 Å². The molecule has 0 N–H and O–H groups in total. The summed E-state index contributed by atoms with van der Waals surface area (Å²) in [7, 11) is 0. The monoisotopic (exact) mass is 310 g/mol. The zero-order valence-electron chi connectivity index (χ0n) is 14.3. The highest BCUT2D eigenvalue weighted by molar-refractivity contribution is 7.80. The first-order valence-electron chi connectivity index (χ1n) is 7.70. The third-order valence-corrected chi connectivity index (χ3v) is 3.75. The van der Waals surface area contributed by atoms with E-state index in [4.69, 9.17) is 9.47 Å². The molecule has 0 radical (unpaired) electrons.